The number of hydrogen-bond acceptors (Lipinski definition) is 4. The summed E-state index contributed by atoms with van der Waals surface area (Å²) in [6, 6.07) is 6.57. The molecular formula is C21H27N3OS. The fourth-order valence-corrected chi connectivity index (χ4v) is 5.44. The molecular weight excluding hydrogens is 342 g/mol. The average Bonchev–Trinajstić information content (AvgIpc) is 2.82. The van der Waals surface area contributed by atoms with Gasteiger partial charge in [0.25, 0.3) is 5.91 Å². The van der Waals surface area contributed by atoms with Crippen molar-refractivity contribution in [2.24, 2.45) is 5.92 Å². The van der Waals surface area contributed by atoms with Gasteiger partial charge in [0.1, 0.15) is 0 Å². The molecule has 2 atom stereocenters. The van der Waals surface area contributed by atoms with Crippen molar-refractivity contribution in [3.63, 3.8) is 0 Å². The van der Waals surface area contributed by atoms with Crippen LogP contribution in [0.4, 0.5) is 0 Å². The molecule has 4 nitrogen and oxygen atoms in total. The molecule has 2 aromatic heterocycles. The Balaban J connectivity index is 1.51. The molecule has 26 heavy (non-hydrogen) atoms. The Morgan fingerprint density at radius 2 is 2.15 bits per heavy atom. The SMILES string of the molecule is CCc1c(C(=O)N2C[C@@H]3CC[C@H](C2)N(Cc2ccccn2)C3)csc1C. The number of thiophene rings is 1. The van der Waals surface area contributed by atoms with E-state index in [0.717, 1.165) is 43.9 Å². The summed E-state index contributed by atoms with van der Waals surface area (Å²) in [5.74, 6) is 0.814. The summed E-state index contributed by atoms with van der Waals surface area (Å²) in [5.41, 5.74) is 3.30. The molecule has 5 rings (SSSR count). The first kappa shape index (κ1) is 17.7. The number of carbonyl (C=O) groups excluding carboxylic acids is 1. The van der Waals surface area contributed by atoms with Crippen LogP contribution in [0, 0.1) is 12.8 Å². The van der Waals surface area contributed by atoms with Crippen LogP contribution in [-0.2, 0) is 13.0 Å². The second-order valence-electron chi connectivity index (χ2n) is 7.60. The van der Waals surface area contributed by atoms with Gasteiger partial charge in [0.05, 0.1) is 11.3 Å². The number of rotatable bonds is 4. The van der Waals surface area contributed by atoms with Crippen LogP contribution in [-0.4, -0.2) is 46.4 Å². The molecule has 3 aliphatic rings. The number of fused-ring (bicyclic) bond motifs is 4. The summed E-state index contributed by atoms with van der Waals surface area (Å²) in [6.45, 7) is 7.98. The maximum atomic E-state index is 13.2. The lowest BCUT2D eigenvalue weighted by Crippen LogP contribution is -2.44. The zero-order valence-corrected chi connectivity index (χ0v) is 16.5. The Hall–Kier alpha value is -1.72. The first-order chi connectivity index (χ1) is 12.7. The van der Waals surface area contributed by atoms with Crippen molar-refractivity contribution in [3.05, 3.63) is 51.5 Å². The minimum Gasteiger partial charge on any atom is -0.337 e. The largest absolute Gasteiger partial charge is 0.337 e. The van der Waals surface area contributed by atoms with Crippen molar-refractivity contribution in [2.75, 3.05) is 19.6 Å². The maximum absolute atomic E-state index is 13.2. The molecule has 0 aromatic carbocycles. The standard InChI is InChI=1S/C21H27N3OS/c1-3-19-15(2)26-14-20(19)21(25)24-11-16-7-8-18(13-24)23(10-16)12-17-6-4-5-9-22-17/h4-6,9,14,16,18H,3,7-8,10-13H2,1-2H3/t16-,18-/m1/s1. The van der Waals surface area contributed by atoms with E-state index in [0.29, 0.717) is 12.0 Å². The van der Waals surface area contributed by atoms with E-state index < -0.39 is 0 Å². The number of amides is 1. The molecule has 0 radical (unpaired) electrons. The highest BCUT2D eigenvalue weighted by Crippen LogP contribution is 2.31. The van der Waals surface area contributed by atoms with Gasteiger partial charge in [-0.2, -0.15) is 0 Å². The second kappa shape index (κ2) is 7.49. The van der Waals surface area contributed by atoms with Gasteiger partial charge in [0, 0.05) is 48.7 Å². The van der Waals surface area contributed by atoms with E-state index in [1.54, 1.807) is 11.3 Å². The number of piperidine rings is 1. The Morgan fingerprint density at radius 1 is 1.27 bits per heavy atom. The van der Waals surface area contributed by atoms with Gasteiger partial charge in [-0.3, -0.25) is 14.7 Å². The van der Waals surface area contributed by atoms with Crippen LogP contribution >= 0.6 is 11.3 Å². The number of carbonyl (C=O) groups is 1. The molecule has 0 saturated carbocycles. The Morgan fingerprint density at radius 3 is 2.92 bits per heavy atom. The van der Waals surface area contributed by atoms with Crippen LogP contribution in [0.1, 0.15) is 46.3 Å². The summed E-state index contributed by atoms with van der Waals surface area (Å²) in [7, 11) is 0. The van der Waals surface area contributed by atoms with Gasteiger partial charge in [0.15, 0.2) is 0 Å². The van der Waals surface area contributed by atoms with Crippen molar-refractivity contribution >= 4 is 17.2 Å². The van der Waals surface area contributed by atoms with Crippen LogP contribution in [0.15, 0.2) is 29.8 Å². The molecule has 2 aromatic rings. The molecule has 0 aliphatic carbocycles. The third kappa shape index (κ3) is 3.42. The molecule has 3 fully saturated rings. The molecule has 0 N–H and O–H groups in total. The van der Waals surface area contributed by atoms with Crippen LogP contribution in [0.5, 0.6) is 0 Å². The normalized spacial score (nSPS) is 23.2. The van der Waals surface area contributed by atoms with Crippen molar-refractivity contribution in [3.8, 4) is 0 Å². The van der Waals surface area contributed by atoms with E-state index in [1.807, 2.05) is 12.3 Å². The van der Waals surface area contributed by atoms with Gasteiger partial charge >= 0.3 is 0 Å². The molecule has 5 heteroatoms. The summed E-state index contributed by atoms with van der Waals surface area (Å²) in [6.07, 6.45) is 5.22. The monoisotopic (exact) mass is 369 g/mol. The van der Waals surface area contributed by atoms with Crippen molar-refractivity contribution in [1.29, 1.82) is 0 Å². The van der Waals surface area contributed by atoms with Gasteiger partial charge in [-0.05, 0) is 49.8 Å². The lowest BCUT2D eigenvalue weighted by atomic mass is 9.95. The van der Waals surface area contributed by atoms with Crippen molar-refractivity contribution in [2.45, 2.75) is 45.7 Å². The lowest BCUT2D eigenvalue weighted by molar-refractivity contribution is 0.0735. The first-order valence-corrected chi connectivity index (χ1v) is 10.5. The molecule has 5 heterocycles. The van der Waals surface area contributed by atoms with E-state index in [1.165, 1.54) is 23.3 Å². The molecule has 138 valence electrons. The predicted octanol–water partition coefficient (Wildman–Crippen LogP) is 3.75. The van der Waals surface area contributed by atoms with Crippen molar-refractivity contribution < 1.29 is 4.79 Å². The summed E-state index contributed by atoms with van der Waals surface area (Å²) < 4.78 is 0. The summed E-state index contributed by atoms with van der Waals surface area (Å²) in [5, 5.41) is 2.06. The van der Waals surface area contributed by atoms with E-state index in [2.05, 4.69) is 46.1 Å². The second-order valence-corrected chi connectivity index (χ2v) is 8.68. The van der Waals surface area contributed by atoms with Gasteiger partial charge in [0.2, 0.25) is 0 Å². The number of nitrogens with zero attached hydrogens (tertiary/aromatic N) is 3. The highest BCUT2D eigenvalue weighted by molar-refractivity contribution is 7.10. The minimum absolute atomic E-state index is 0.239. The third-order valence-corrected chi connectivity index (χ3v) is 6.85. The quantitative estimate of drug-likeness (QED) is 0.823. The van der Waals surface area contributed by atoms with Crippen molar-refractivity contribution in [1.82, 2.24) is 14.8 Å². The van der Waals surface area contributed by atoms with E-state index in [-0.39, 0.29) is 5.91 Å². The number of aryl methyl sites for hydroxylation is 1. The van der Waals surface area contributed by atoms with Crippen LogP contribution in [0.2, 0.25) is 0 Å². The zero-order chi connectivity index (χ0) is 18.1. The summed E-state index contributed by atoms with van der Waals surface area (Å²) in [4.78, 5) is 23.7. The molecule has 3 saturated heterocycles. The van der Waals surface area contributed by atoms with Crippen LogP contribution in [0.3, 0.4) is 0 Å². The van der Waals surface area contributed by atoms with Gasteiger partial charge in [-0.1, -0.05) is 13.0 Å². The number of hydrogen-bond donors (Lipinski definition) is 0. The zero-order valence-electron chi connectivity index (χ0n) is 15.6. The lowest BCUT2D eigenvalue weighted by Gasteiger charge is -2.35. The van der Waals surface area contributed by atoms with Gasteiger partial charge in [-0.15, -0.1) is 11.3 Å². The Labute approximate surface area is 159 Å². The predicted molar refractivity (Wildman–Crippen MR) is 105 cm³/mol. The van der Waals surface area contributed by atoms with E-state index in [4.69, 9.17) is 0 Å². The van der Waals surface area contributed by atoms with E-state index >= 15 is 0 Å². The first-order valence-electron chi connectivity index (χ1n) is 9.66. The van der Waals surface area contributed by atoms with Gasteiger partial charge in [-0.25, -0.2) is 0 Å². The fourth-order valence-electron chi connectivity index (χ4n) is 4.51. The minimum atomic E-state index is 0.239. The number of pyridine rings is 1. The maximum Gasteiger partial charge on any atom is 0.255 e. The topological polar surface area (TPSA) is 36.4 Å². The number of aromatic nitrogens is 1. The Bertz CT molecular complexity index is 773. The highest BCUT2D eigenvalue weighted by Gasteiger charge is 2.37. The Kier molecular flexibility index (Phi) is 5.09. The highest BCUT2D eigenvalue weighted by atomic mass is 32.1. The molecule has 0 unspecified atom stereocenters. The molecule has 1 amide bonds. The molecule has 2 bridgehead atoms. The molecule has 3 aliphatic heterocycles. The summed E-state index contributed by atoms with van der Waals surface area (Å²) >= 11 is 1.71. The van der Waals surface area contributed by atoms with E-state index in [9.17, 15) is 4.79 Å². The smallest absolute Gasteiger partial charge is 0.255 e. The average molecular weight is 370 g/mol. The van der Waals surface area contributed by atoms with Crippen LogP contribution < -0.4 is 0 Å². The third-order valence-electron chi connectivity index (χ3n) is 5.89. The van der Waals surface area contributed by atoms with Gasteiger partial charge < -0.3 is 4.90 Å². The van der Waals surface area contributed by atoms with Crippen LogP contribution in [0.25, 0.3) is 0 Å². The molecule has 0 spiro atoms. The fraction of sp³-hybridized carbons (Fsp3) is 0.524.